The van der Waals surface area contributed by atoms with Crippen molar-refractivity contribution in [2.24, 2.45) is 0 Å². The normalized spacial score (nSPS) is 11.9. The van der Waals surface area contributed by atoms with Crippen molar-refractivity contribution >= 4 is 22.7 Å². The first-order valence-electron chi connectivity index (χ1n) is 10.3. The van der Waals surface area contributed by atoms with E-state index in [0.717, 1.165) is 11.1 Å². The van der Waals surface area contributed by atoms with Crippen molar-refractivity contribution < 1.29 is 18.7 Å². The number of nitrogens with zero attached hydrogens (tertiary/aromatic N) is 1. The molecule has 160 valence electrons. The monoisotopic (exact) mass is 427 g/mol. The number of aryl methyl sites for hydroxylation is 1. The second-order valence-corrected chi connectivity index (χ2v) is 7.76. The van der Waals surface area contributed by atoms with Gasteiger partial charge in [-0.1, -0.05) is 48.0 Å². The molecule has 1 atom stereocenters. The number of Topliss-reactive ketones (excluding diaryl/α,β-unsaturated/α-hetero) is 1. The van der Waals surface area contributed by atoms with Gasteiger partial charge in [0, 0.05) is 16.5 Å². The summed E-state index contributed by atoms with van der Waals surface area (Å²) in [4.78, 5) is 30.7. The van der Waals surface area contributed by atoms with Gasteiger partial charge in [0.2, 0.25) is 5.78 Å². The van der Waals surface area contributed by atoms with Gasteiger partial charge in [-0.15, -0.1) is 0 Å². The summed E-state index contributed by atoms with van der Waals surface area (Å²) in [6.45, 7) is 5.35. The Morgan fingerprint density at radius 1 is 0.906 bits per heavy atom. The van der Waals surface area contributed by atoms with Crippen molar-refractivity contribution in [3.05, 3.63) is 101 Å². The zero-order valence-corrected chi connectivity index (χ0v) is 18.1. The number of fused-ring (bicyclic) bond motifs is 1. The van der Waals surface area contributed by atoms with E-state index in [-0.39, 0.29) is 5.56 Å². The zero-order chi connectivity index (χ0) is 22.8. The third-order valence-corrected chi connectivity index (χ3v) is 5.45. The summed E-state index contributed by atoms with van der Waals surface area (Å²) in [7, 11) is 0. The van der Waals surface area contributed by atoms with E-state index in [1.54, 1.807) is 0 Å². The van der Waals surface area contributed by atoms with Gasteiger partial charge < -0.3 is 4.74 Å². The number of ketones is 1. The predicted octanol–water partition coefficient (Wildman–Crippen LogP) is 6.09. The first kappa shape index (κ1) is 21.4. The molecule has 0 amide bonds. The molecule has 1 unspecified atom stereocenters. The van der Waals surface area contributed by atoms with Crippen molar-refractivity contribution in [1.82, 2.24) is 4.98 Å². The number of hydrogen-bond donors (Lipinski definition) is 0. The molecular formula is C27H22FNO3. The molecule has 0 radical (unpaired) electrons. The summed E-state index contributed by atoms with van der Waals surface area (Å²) in [5, 5.41) is 0.660. The third kappa shape index (κ3) is 4.14. The van der Waals surface area contributed by atoms with Crippen molar-refractivity contribution in [1.29, 1.82) is 0 Å². The van der Waals surface area contributed by atoms with Crippen molar-refractivity contribution in [3.8, 4) is 11.3 Å². The number of carbonyl (C=O) groups is 2. The number of hydrogen-bond acceptors (Lipinski definition) is 4. The number of para-hydroxylation sites is 1. The van der Waals surface area contributed by atoms with Crippen LogP contribution in [0.25, 0.3) is 22.2 Å². The van der Waals surface area contributed by atoms with Crippen LogP contribution in [0, 0.1) is 19.7 Å². The van der Waals surface area contributed by atoms with Crippen LogP contribution >= 0.6 is 0 Å². The second kappa shape index (κ2) is 8.71. The van der Waals surface area contributed by atoms with Crippen LogP contribution in [-0.4, -0.2) is 22.8 Å². The van der Waals surface area contributed by atoms with E-state index in [4.69, 9.17) is 9.72 Å². The molecule has 5 heteroatoms. The fourth-order valence-corrected chi connectivity index (χ4v) is 3.68. The van der Waals surface area contributed by atoms with Crippen LogP contribution < -0.4 is 0 Å². The fraction of sp³-hybridized carbons (Fsp3) is 0.148. The molecule has 3 aromatic carbocycles. The topological polar surface area (TPSA) is 56.3 Å². The van der Waals surface area contributed by atoms with Crippen LogP contribution in [0.2, 0.25) is 0 Å². The number of halogens is 1. The Hall–Kier alpha value is -3.86. The van der Waals surface area contributed by atoms with E-state index in [1.165, 1.54) is 31.2 Å². The van der Waals surface area contributed by atoms with E-state index in [1.807, 2.05) is 62.4 Å². The Bertz CT molecular complexity index is 1310. The number of ether oxygens (including phenoxy) is 1. The average Bonchev–Trinajstić information content (AvgIpc) is 2.79. The molecule has 0 aliphatic heterocycles. The standard InChI is InChI=1S/C27H22FNO3/c1-16-8-10-19(11-9-16)25-17(2)24(22-6-4-5-7-23(22)29-25)27(31)32-18(3)26(30)20-12-14-21(28)15-13-20/h4-15,18H,1-3H3. The van der Waals surface area contributed by atoms with E-state index < -0.39 is 23.7 Å². The van der Waals surface area contributed by atoms with E-state index in [9.17, 15) is 14.0 Å². The molecule has 0 spiro atoms. The second-order valence-electron chi connectivity index (χ2n) is 7.76. The van der Waals surface area contributed by atoms with Crippen molar-refractivity contribution in [2.45, 2.75) is 26.9 Å². The lowest BCUT2D eigenvalue weighted by Gasteiger charge is -2.17. The lowest BCUT2D eigenvalue weighted by molar-refractivity contribution is 0.0320. The molecule has 1 heterocycles. The molecular weight excluding hydrogens is 405 g/mol. The molecule has 32 heavy (non-hydrogen) atoms. The summed E-state index contributed by atoms with van der Waals surface area (Å²) in [6, 6.07) is 20.4. The molecule has 4 aromatic rings. The summed E-state index contributed by atoms with van der Waals surface area (Å²) < 4.78 is 18.7. The molecule has 0 saturated carbocycles. The van der Waals surface area contributed by atoms with Crippen LogP contribution in [0.5, 0.6) is 0 Å². The summed E-state index contributed by atoms with van der Waals surface area (Å²) in [6.07, 6.45) is -1.03. The van der Waals surface area contributed by atoms with Crippen LogP contribution in [-0.2, 0) is 4.74 Å². The van der Waals surface area contributed by atoms with E-state index in [2.05, 4.69) is 0 Å². The number of aromatic nitrogens is 1. The summed E-state index contributed by atoms with van der Waals surface area (Å²) in [5.74, 6) is -1.43. The molecule has 4 rings (SSSR count). The Morgan fingerprint density at radius 2 is 1.56 bits per heavy atom. The number of rotatable bonds is 5. The van der Waals surface area contributed by atoms with Gasteiger partial charge in [0.25, 0.3) is 0 Å². The lowest BCUT2D eigenvalue weighted by atomic mass is 9.97. The maximum Gasteiger partial charge on any atom is 0.339 e. The smallest absolute Gasteiger partial charge is 0.339 e. The van der Waals surface area contributed by atoms with Crippen LogP contribution in [0.4, 0.5) is 4.39 Å². The number of benzene rings is 3. The quantitative estimate of drug-likeness (QED) is 0.286. The molecule has 0 fully saturated rings. The summed E-state index contributed by atoms with van der Waals surface area (Å²) in [5.41, 5.74) is 4.71. The first-order valence-corrected chi connectivity index (χ1v) is 10.3. The summed E-state index contributed by atoms with van der Waals surface area (Å²) >= 11 is 0. The predicted molar refractivity (Wildman–Crippen MR) is 122 cm³/mol. The van der Waals surface area contributed by atoms with Gasteiger partial charge in [-0.25, -0.2) is 14.2 Å². The van der Waals surface area contributed by atoms with Gasteiger partial charge in [0.05, 0.1) is 16.8 Å². The number of carbonyl (C=O) groups excluding carboxylic acids is 2. The SMILES string of the molecule is Cc1ccc(-c2nc3ccccc3c(C(=O)OC(C)C(=O)c3ccc(F)cc3)c2C)cc1. The van der Waals surface area contributed by atoms with Crippen LogP contribution in [0.15, 0.2) is 72.8 Å². The zero-order valence-electron chi connectivity index (χ0n) is 18.1. The molecule has 0 aliphatic rings. The van der Waals surface area contributed by atoms with Crippen molar-refractivity contribution in [2.75, 3.05) is 0 Å². The van der Waals surface area contributed by atoms with Gasteiger partial charge >= 0.3 is 5.97 Å². The molecule has 1 aromatic heterocycles. The lowest BCUT2D eigenvalue weighted by Crippen LogP contribution is -2.25. The Labute approximate surface area is 185 Å². The largest absolute Gasteiger partial charge is 0.451 e. The van der Waals surface area contributed by atoms with E-state index >= 15 is 0 Å². The van der Waals surface area contributed by atoms with Gasteiger partial charge in [0.15, 0.2) is 6.10 Å². The third-order valence-electron chi connectivity index (χ3n) is 5.45. The Morgan fingerprint density at radius 3 is 2.25 bits per heavy atom. The number of pyridine rings is 1. The van der Waals surface area contributed by atoms with Gasteiger partial charge in [-0.05, 0) is 56.7 Å². The van der Waals surface area contributed by atoms with Gasteiger partial charge in [-0.2, -0.15) is 0 Å². The highest BCUT2D eigenvalue weighted by Crippen LogP contribution is 2.30. The van der Waals surface area contributed by atoms with Crippen molar-refractivity contribution in [3.63, 3.8) is 0 Å². The molecule has 0 bridgehead atoms. The highest BCUT2D eigenvalue weighted by molar-refractivity contribution is 6.08. The minimum atomic E-state index is -1.03. The minimum Gasteiger partial charge on any atom is -0.451 e. The highest BCUT2D eigenvalue weighted by Gasteiger charge is 2.25. The van der Waals surface area contributed by atoms with Gasteiger partial charge in [0.1, 0.15) is 5.82 Å². The van der Waals surface area contributed by atoms with Gasteiger partial charge in [-0.3, -0.25) is 4.79 Å². The van der Waals surface area contributed by atoms with Crippen LogP contribution in [0.1, 0.15) is 38.8 Å². The molecule has 0 aliphatic carbocycles. The number of esters is 1. The highest BCUT2D eigenvalue weighted by atomic mass is 19.1. The fourth-order valence-electron chi connectivity index (χ4n) is 3.68. The van der Waals surface area contributed by atoms with E-state index in [0.29, 0.717) is 27.7 Å². The van der Waals surface area contributed by atoms with Crippen LogP contribution in [0.3, 0.4) is 0 Å². The molecule has 0 saturated heterocycles. The Balaban J connectivity index is 1.73. The maximum absolute atomic E-state index is 13.3. The maximum atomic E-state index is 13.3. The first-order chi connectivity index (χ1) is 15.3. The Kier molecular flexibility index (Phi) is 5.82. The molecule has 4 nitrogen and oxygen atoms in total. The average molecular weight is 427 g/mol. The minimum absolute atomic E-state index is 0.281. The molecule has 0 N–H and O–H groups in total.